The maximum absolute atomic E-state index is 13.5. The van der Waals surface area contributed by atoms with Crippen molar-refractivity contribution in [3.8, 4) is 0 Å². The molecule has 1 aliphatic rings. The van der Waals surface area contributed by atoms with Gasteiger partial charge in [0.05, 0.1) is 16.6 Å². The van der Waals surface area contributed by atoms with Crippen LogP contribution in [-0.2, 0) is 22.6 Å². The average Bonchev–Trinajstić information content (AvgIpc) is 3.33. The van der Waals surface area contributed by atoms with Gasteiger partial charge in [-0.3, -0.25) is 0 Å². The molecule has 3 aromatic rings. The Morgan fingerprint density at radius 3 is 2.50 bits per heavy atom. The van der Waals surface area contributed by atoms with Crippen molar-refractivity contribution in [3.05, 3.63) is 59.3 Å². The minimum atomic E-state index is -4.63. The summed E-state index contributed by atoms with van der Waals surface area (Å²) >= 11 is 0. The molecule has 0 aliphatic carbocycles. The van der Waals surface area contributed by atoms with Gasteiger partial charge in [0.15, 0.2) is 5.65 Å². The molecule has 1 fully saturated rings. The minimum absolute atomic E-state index is 0.0164. The summed E-state index contributed by atoms with van der Waals surface area (Å²) in [6, 6.07) is 6.06. The van der Waals surface area contributed by atoms with Crippen molar-refractivity contribution < 1.29 is 26.0 Å². The van der Waals surface area contributed by atoms with Gasteiger partial charge in [-0.05, 0) is 49.6 Å². The van der Waals surface area contributed by atoms with E-state index in [-0.39, 0.29) is 28.5 Å². The molecule has 0 saturated carbocycles. The van der Waals surface area contributed by atoms with Gasteiger partial charge in [0.2, 0.25) is 10.0 Å². The Morgan fingerprint density at radius 2 is 1.87 bits per heavy atom. The highest BCUT2D eigenvalue weighted by Crippen LogP contribution is 2.37. The maximum Gasteiger partial charge on any atom is 0.433 e. The van der Waals surface area contributed by atoms with Gasteiger partial charge >= 0.3 is 6.18 Å². The zero-order valence-corrected chi connectivity index (χ0v) is 16.7. The van der Waals surface area contributed by atoms with Crippen LogP contribution in [0.3, 0.4) is 0 Å². The molecule has 30 heavy (non-hydrogen) atoms. The predicted octanol–water partition coefficient (Wildman–Crippen LogP) is 3.98. The fourth-order valence-electron chi connectivity index (χ4n) is 3.66. The van der Waals surface area contributed by atoms with Crippen LogP contribution in [0.5, 0.6) is 0 Å². The van der Waals surface area contributed by atoms with E-state index in [2.05, 4.69) is 10.1 Å². The molecule has 11 heteroatoms. The molecule has 0 amide bonds. The van der Waals surface area contributed by atoms with Crippen LogP contribution in [-0.4, -0.2) is 33.9 Å². The smallest absolute Gasteiger partial charge is 0.234 e. The quantitative estimate of drug-likeness (QED) is 0.574. The zero-order chi connectivity index (χ0) is 21.7. The number of halogens is 4. The van der Waals surface area contributed by atoms with Crippen molar-refractivity contribution in [2.45, 2.75) is 43.3 Å². The van der Waals surface area contributed by atoms with Crippen LogP contribution in [0.4, 0.5) is 17.6 Å². The molecule has 1 aliphatic heterocycles. The molecule has 4 rings (SSSR count). The largest absolute Gasteiger partial charge is 0.433 e. The highest BCUT2D eigenvalue weighted by molar-refractivity contribution is 7.89. The van der Waals surface area contributed by atoms with Crippen LogP contribution < -0.4 is 0 Å². The second-order valence-corrected chi connectivity index (χ2v) is 8.94. The summed E-state index contributed by atoms with van der Waals surface area (Å²) in [5.74, 6) is -0.565. The first-order valence-corrected chi connectivity index (χ1v) is 10.8. The SMILES string of the molecule is CCc1cc(C(F)(F)F)n2nc([C@@H]3CCCN3S(=O)(=O)c3ccc(F)cc3)cc2n1. The van der Waals surface area contributed by atoms with Gasteiger partial charge in [-0.25, -0.2) is 22.3 Å². The summed E-state index contributed by atoms with van der Waals surface area (Å²) in [5.41, 5.74) is -0.475. The third kappa shape index (κ3) is 3.56. The third-order valence-electron chi connectivity index (χ3n) is 5.12. The number of nitrogens with zero attached hydrogens (tertiary/aromatic N) is 4. The van der Waals surface area contributed by atoms with Gasteiger partial charge < -0.3 is 0 Å². The van der Waals surface area contributed by atoms with E-state index in [4.69, 9.17) is 0 Å². The second-order valence-electron chi connectivity index (χ2n) is 7.05. The van der Waals surface area contributed by atoms with Crippen molar-refractivity contribution in [1.29, 1.82) is 0 Å². The van der Waals surface area contributed by atoms with Gasteiger partial charge in [0.1, 0.15) is 11.5 Å². The Hall–Kier alpha value is -2.53. The highest BCUT2D eigenvalue weighted by Gasteiger charge is 2.39. The Kier molecular flexibility index (Phi) is 5.05. The van der Waals surface area contributed by atoms with Crippen molar-refractivity contribution in [3.63, 3.8) is 0 Å². The van der Waals surface area contributed by atoms with E-state index in [1.807, 2.05) is 0 Å². The fourth-order valence-corrected chi connectivity index (χ4v) is 5.32. The second kappa shape index (κ2) is 7.31. The molecular formula is C19H18F4N4O2S. The molecule has 6 nitrogen and oxygen atoms in total. The lowest BCUT2D eigenvalue weighted by Gasteiger charge is -2.22. The van der Waals surface area contributed by atoms with Gasteiger partial charge in [0.25, 0.3) is 0 Å². The molecule has 0 unspecified atom stereocenters. The lowest BCUT2D eigenvalue weighted by molar-refractivity contribution is -0.142. The molecule has 1 aromatic carbocycles. The number of benzene rings is 1. The van der Waals surface area contributed by atoms with Crippen molar-refractivity contribution in [2.24, 2.45) is 0 Å². The first-order valence-electron chi connectivity index (χ1n) is 9.35. The number of aromatic nitrogens is 3. The summed E-state index contributed by atoms with van der Waals surface area (Å²) < 4.78 is 81.7. The molecule has 3 heterocycles. The lowest BCUT2D eigenvalue weighted by Crippen LogP contribution is -2.31. The first kappa shape index (κ1) is 20.7. The number of hydrogen-bond donors (Lipinski definition) is 0. The van der Waals surface area contributed by atoms with E-state index in [9.17, 15) is 26.0 Å². The van der Waals surface area contributed by atoms with Crippen LogP contribution in [0.25, 0.3) is 5.65 Å². The van der Waals surface area contributed by atoms with Crippen molar-refractivity contribution in [2.75, 3.05) is 6.54 Å². The summed E-state index contributed by atoms with van der Waals surface area (Å²) in [5, 5.41) is 4.08. The Morgan fingerprint density at radius 1 is 1.17 bits per heavy atom. The van der Waals surface area contributed by atoms with E-state index in [0.717, 1.165) is 22.7 Å². The van der Waals surface area contributed by atoms with E-state index >= 15 is 0 Å². The average molecular weight is 442 g/mol. The Balaban J connectivity index is 1.78. The summed E-state index contributed by atoms with van der Waals surface area (Å²) in [4.78, 5) is 4.12. The summed E-state index contributed by atoms with van der Waals surface area (Å²) in [6.07, 6.45) is -3.39. The summed E-state index contributed by atoms with van der Waals surface area (Å²) in [7, 11) is -3.97. The number of rotatable bonds is 4. The van der Waals surface area contributed by atoms with Gasteiger partial charge in [-0.15, -0.1) is 0 Å². The molecule has 0 radical (unpaired) electrons. The van der Waals surface area contributed by atoms with Crippen LogP contribution in [0, 0.1) is 5.82 Å². The minimum Gasteiger partial charge on any atom is -0.234 e. The topological polar surface area (TPSA) is 67.6 Å². The van der Waals surface area contributed by atoms with Crippen LogP contribution in [0.1, 0.15) is 42.9 Å². The van der Waals surface area contributed by atoms with Crippen molar-refractivity contribution >= 4 is 15.7 Å². The normalized spacial score (nSPS) is 18.4. The molecule has 1 atom stereocenters. The zero-order valence-electron chi connectivity index (χ0n) is 15.9. The molecular weight excluding hydrogens is 424 g/mol. The maximum atomic E-state index is 13.5. The van der Waals surface area contributed by atoms with Crippen LogP contribution in [0.15, 0.2) is 41.3 Å². The van der Waals surface area contributed by atoms with Gasteiger partial charge in [0, 0.05) is 18.3 Å². The van der Waals surface area contributed by atoms with Crippen molar-refractivity contribution in [1.82, 2.24) is 18.9 Å². The standard InChI is InChI=1S/C19H18F4N4O2S/c1-2-13-10-17(19(21,22)23)27-18(24-13)11-15(25-27)16-4-3-9-26(16)30(28,29)14-7-5-12(20)6-8-14/h5-8,10-11,16H,2-4,9H2,1H3/t16-/m0/s1. The molecule has 160 valence electrons. The third-order valence-corrected chi connectivity index (χ3v) is 7.04. The monoisotopic (exact) mass is 442 g/mol. The molecule has 2 aromatic heterocycles. The molecule has 0 N–H and O–H groups in total. The lowest BCUT2D eigenvalue weighted by atomic mass is 10.2. The van der Waals surface area contributed by atoms with Gasteiger partial charge in [-0.2, -0.15) is 22.6 Å². The van der Waals surface area contributed by atoms with E-state index in [1.54, 1.807) is 6.92 Å². The first-order chi connectivity index (χ1) is 14.1. The number of hydrogen-bond acceptors (Lipinski definition) is 4. The Labute approximate surface area is 170 Å². The van der Waals surface area contributed by atoms with Crippen LogP contribution in [0.2, 0.25) is 0 Å². The fraction of sp³-hybridized carbons (Fsp3) is 0.368. The molecule has 0 bridgehead atoms. The van der Waals surface area contributed by atoms with Gasteiger partial charge in [-0.1, -0.05) is 6.92 Å². The number of aryl methyl sites for hydroxylation is 1. The van der Waals surface area contributed by atoms with E-state index in [0.29, 0.717) is 19.3 Å². The number of fused-ring (bicyclic) bond motifs is 1. The highest BCUT2D eigenvalue weighted by atomic mass is 32.2. The van der Waals surface area contributed by atoms with Crippen LogP contribution >= 0.6 is 0 Å². The number of sulfonamides is 1. The van der Waals surface area contributed by atoms with E-state index in [1.165, 1.54) is 22.5 Å². The number of alkyl halides is 3. The predicted molar refractivity (Wildman–Crippen MR) is 99.6 cm³/mol. The molecule has 0 spiro atoms. The molecule has 1 saturated heterocycles. The van der Waals surface area contributed by atoms with E-state index < -0.39 is 33.8 Å². The Bertz CT molecular complexity index is 1190. The summed E-state index contributed by atoms with van der Waals surface area (Å²) in [6.45, 7) is 1.89.